The van der Waals surface area contributed by atoms with Crippen LogP contribution in [0.1, 0.15) is 29.0 Å². The molecule has 1 atom stereocenters. The standard InChI is InChI=1S/C32H29ClN4O5/c33-22-12-10-21(11-13-22)18-25(35-29(39)28-19-26(38)24-8-4-5-9-27(24)42-28)30(40)36-16-14-32(15-17-36)31(41)34-20-37(32)23-6-2-1-3-7-23/h1-13,19,25H,14-18,20H2,(H,34,41)(H,35,39)/t25-/m1/s1. The number of rotatable bonds is 6. The Bertz CT molecular complexity index is 1700. The first-order chi connectivity index (χ1) is 20.3. The van der Waals surface area contributed by atoms with Crippen molar-refractivity contribution in [1.82, 2.24) is 15.5 Å². The van der Waals surface area contributed by atoms with Crippen LogP contribution >= 0.6 is 11.6 Å². The second kappa shape index (κ2) is 11.3. The summed E-state index contributed by atoms with van der Waals surface area (Å²) < 4.78 is 5.72. The summed E-state index contributed by atoms with van der Waals surface area (Å²) in [7, 11) is 0. The van der Waals surface area contributed by atoms with Crippen LogP contribution in [0.15, 0.2) is 94.1 Å². The highest BCUT2D eigenvalue weighted by atomic mass is 35.5. The third-order valence-corrected chi connectivity index (χ3v) is 8.37. The van der Waals surface area contributed by atoms with Gasteiger partial charge >= 0.3 is 0 Å². The Morgan fingerprint density at radius 3 is 2.38 bits per heavy atom. The second-order valence-corrected chi connectivity index (χ2v) is 11.0. The van der Waals surface area contributed by atoms with E-state index in [1.54, 1.807) is 53.4 Å². The largest absolute Gasteiger partial charge is 0.451 e. The van der Waals surface area contributed by atoms with Crippen molar-refractivity contribution in [2.45, 2.75) is 30.8 Å². The Labute approximate surface area is 247 Å². The predicted molar refractivity (Wildman–Crippen MR) is 159 cm³/mol. The number of para-hydroxylation sites is 2. The van der Waals surface area contributed by atoms with Crippen LogP contribution in [-0.2, 0) is 16.0 Å². The summed E-state index contributed by atoms with van der Waals surface area (Å²) in [5.74, 6) is -1.16. The topological polar surface area (TPSA) is 112 Å². The fourth-order valence-electron chi connectivity index (χ4n) is 5.85. The van der Waals surface area contributed by atoms with E-state index in [-0.39, 0.29) is 35.0 Å². The number of nitrogens with one attached hydrogen (secondary N) is 2. The molecule has 1 spiro atoms. The number of benzene rings is 3. The van der Waals surface area contributed by atoms with Crippen LogP contribution in [-0.4, -0.2) is 54.0 Å². The van der Waals surface area contributed by atoms with Gasteiger partial charge in [0.05, 0.1) is 12.1 Å². The van der Waals surface area contributed by atoms with Crippen molar-refractivity contribution < 1.29 is 18.8 Å². The lowest BCUT2D eigenvalue weighted by Gasteiger charge is -2.44. The molecule has 3 aromatic carbocycles. The van der Waals surface area contributed by atoms with E-state index >= 15 is 0 Å². The van der Waals surface area contributed by atoms with Crippen molar-refractivity contribution in [2.75, 3.05) is 24.7 Å². The van der Waals surface area contributed by atoms with E-state index < -0.39 is 17.5 Å². The van der Waals surface area contributed by atoms with Gasteiger partial charge in [0.25, 0.3) is 5.91 Å². The minimum atomic E-state index is -0.938. The first-order valence-electron chi connectivity index (χ1n) is 13.8. The van der Waals surface area contributed by atoms with Gasteiger partial charge in [-0.15, -0.1) is 0 Å². The number of fused-ring (bicyclic) bond motifs is 1. The van der Waals surface area contributed by atoms with E-state index in [1.165, 1.54) is 0 Å². The summed E-state index contributed by atoms with van der Waals surface area (Å²) >= 11 is 6.06. The quantitative estimate of drug-likeness (QED) is 0.357. The molecular weight excluding hydrogens is 556 g/mol. The van der Waals surface area contributed by atoms with Gasteiger partial charge in [-0.2, -0.15) is 0 Å². The number of carbonyl (C=O) groups is 3. The molecule has 10 heteroatoms. The summed E-state index contributed by atoms with van der Waals surface area (Å²) in [5, 5.41) is 6.70. The fraction of sp³-hybridized carbons (Fsp3) is 0.250. The average molecular weight is 585 g/mol. The van der Waals surface area contributed by atoms with E-state index in [0.717, 1.165) is 17.3 Å². The van der Waals surface area contributed by atoms with Crippen molar-refractivity contribution in [2.24, 2.45) is 0 Å². The molecule has 42 heavy (non-hydrogen) atoms. The third kappa shape index (κ3) is 5.23. The molecule has 2 aliphatic heterocycles. The lowest BCUT2D eigenvalue weighted by atomic mass is 9.85. The van der Waals surface area contributed by atoms with Gasteiger partial charge in [0.15, 0.2) is 11.2 Å². The Kier molecular flexibility index (Phi) is 7.43. The van der Waals surface area contributed by atoms with Gasteiger partial charge in [-0.3, -0.25) is 19.2 Å². The lowest BCUT2D eigenvalue weighted by Crippen LogP contribution is -2.59. The first-order valence-corrected chi connectivity index (χ1v) is 14.2. The number of nitrogens with zero attached hydrogens (tertiary/aromatic N) is 2. The molecule has 4 aromatic rings. The molecule has 0 aliphatic carbocycles. The summed E-state index contributed by atoms with van der Waals surface area (Å²) in [6.45, 7) is 1.09. The van der Waals surface area contributed by atoms with Crippen LogP contribution in [0.5, 0.6) is 0 Å². The van der Waals surface area contributed by atoms with E-state index in [2.05, 4.69) is 15.5 Å². The molecule has 214 valence electrons. The number of likely N-dealkylation sites (tertiary alicyclic amines) is 1. The Morgan fingerprint density at radius 2 is 1.64 bits per heavy atom. The zero-order chi connectivity index (χ0) is 29.3. The normalized spacial score (nSPS) is 16.8. The van der Waals surface area contributed by atoms with Gasteiger partial charge < -0.3 is 24.9 Å². The molecule has 0 radical (unpaired) electrons. The first kappa shape index (κ1) is 27.5. The van der Waals surface area contributed by atoms with Crippen molar-refractivity contribution in [1.29, 1.82) is 0 Å². The molecule has 2 saturated heterocycles. The summed E-state index contributed by atoms with van der Waals surface area (Å²) in [6.07, 6.45) is 1.10. The smallest absolute Gasteiger partial charge is 0.287 e. The minimum absolute atomic E-state index is 0.0456. The Balaban J connectivity index is 1.23. The minimum Gasteiger partial charge on any atom is -0.451 e. The van der Waals surface area contributed by atoms with Crippen LogP contribution in [0.3, 0.4) is 0 Å². The molecule has 9 nitrogen and oxygen atoms in total. The van der Waals surface area contributed by atoms with Gasteiger partial charge in [-0.1, -0.05) is 54.1 Å². The number of amides is 3. The Hall–Kier alpha value is -4.63. The SMILES string of the molecule is O=C(N[C@H](Cc1ccc(Cl)cc1)C(=O)N1CCC2(CC1)C(=O)NCN2c1ccccc1)c1cc(=O)c2ccccc2o1. The van der Waals surface area contributed by atoms with E-state index in [1.807, 2.05) is 30.3 Å². The number of anilines is 1. The molecule has 0 unspecified atom stereocenters. The molecule has 0 bridgehead atoms. The van der Waals surface area contributed by atoms with Crippen molar-refractivity contribution >= 4 is 46.0 Å². The Morgan fingerprint density at radius 1 is 0.952 bits per heavy atom. The number of piperidine rings is 1. The molecule has 2 aliphatic rings. The van der Waals surface area contributed by atoms with Gasteiger partial charge in [-0.25, -0.2) is 0 Å². The maximum atomic E-state index is 13.9. The monoisotopic (exact) mass is 584 g/mol. The number of hydrogen-bond acceptors (Lipinski definition) is 6. The third-order valence-electron chi connectivity index (χ3n) is 8.12. The zero-order valence-corrected chi connectivity index (χ0v) is 23.5. The summed E-state index contributed by atoms with van der Waals surface area (Å²) in [5.41, 5.74) is 0.940. The summed E-state index contributed by atoms with van der Waals surface area (Å²) in [6, 6.07) is 23.7. The van der Waals surface area contributed by atoms with Crippen molar-refractivity contribution in [3.8, 4) is 0 Å². The van der Waals surface area contributed by atoms with Gasteiger partial charge in [0, 0.05) is 36.3 Å². The molecule has 3 heterocycles. The molecule has 2 fully saturated rings. The number of carbonyl (C=O) groups excluding carboxylic acids is 3. The molecule has 6 rings (SSSR count). The highest BCUT2D eigenvalue weighted by molar-refractivity contribution is 6.30. The second-order valence-electron chi connectivity index (χ2n) is 10.6. The molecule has 3 amide bonds. The highest BCUT2D eigenvalue weighted by Crippen LogP contribution is 2.36. The fourth-order valence-corrected chi connectivity index (χ4v) is 5.98. The van der Waals surface area contributed by atoms with Crippen molar-refractivity contribution in [3.05, 3.63) is 111 Å². The number of hydrogen-bond donors (Lipinski definition) is 2. The highest BCUT2D eigenvalue weighted by Gasteiger charge is 2.51. The zero-order valence-electron chi connectivity index (χ0n) is 22.7. The molecule has 1 aromatic heterocycles. The molecular formula is C32H29ClN4O5. The lowest BCUT2D eigenvalue weighted by molar-refractivity contribution is -0.137. The maximum absolute atomic E-state index is 13.9. The van der Waals surface area contributed by atoms with Gasteiger partial charge in [0.2, 0.25) is 11.8 Å². The van der Waals surface area contributed by atoms with Gasteiger partial charge in [-0.05, 0) is 54.8 Å². The number of halogens is 1. The van der Waals surface area contributed by atoms with Crippen LogP contribution < -0.4 is 21.0 Å². The van der Waals surface area contributed by atoms with Crippen LogP contribution in [0.25, 0.3) is 11.0 Å². The maximum Gasteiger partial charge on any atom is 0.287 e. The van der Waals surface area contributed by atoms with Crippen LogP contribution in [0, 0.1) is 0 Å². The predicted octanol–water partition coefficient (Wildman–Crippen LogP) is 3.74. The van der Waals surface area contributed by atoms with Crippen LogP contribution in [0.4, 0.5) is 5.69 Å². The summed E-state index contributed by atoms with van der Waals surface area (Å²) in [4.78, 5) is 56.7. The van der Waals surface area contributed by atoms with E-state index in [9.17, 15) is 19.2 Å². The van der Waals surface area contributed by atoms with E-state index in [0.29, 0.717) is 43.0 Å². The van der Waals surface area contributed by atoms with Crippen LogP contribution in [0.2, 0.25) is 5.02 Å². The van der Waals surface area contributed by atoms with Gasteiger partial charge in [0.1, 0.15) is 17.2 Å². The van der Waals surface area contributed by atoms with E-state index in [4.69, 9.17) is 16.0 Å². The molecule has 0 saturated carbocycles. The average Bonchev–Trinajstić information content (AvgIpc) is 3.32. The molecule has 2 N–H and O–H groups in total. The van der Waals surface area contributed by atoms with Crippen molar-refractivity contribution in [3.63, 3.8) is 0 Å².